The van der Waals surface area contributed by atoms with E-state index in [1.807, 2.05) is 52.0 Å². The van der Waals surface area contributed by atoms with Gasteiger partial charge in [-0.25, -0.2) is 23.3 Å². The monoisotopic (exact) mass is 627 g/mol. The maximum Gasteiger partial charge on any atom is 0.418 e. The molecule has 3 saturated heterocycles. The summed E-state index contributed by atoms with van der Waals surface area (Å²) in [6.07, 6.45) is 4.47. The number of ether oxygens (including phenoxy) is 1. The highest BCUT2D eigenvalue weighted by Gasteiger charge is 2.39. The van der Waals surface area contributed by atoms with Gasteiger partial charge in [0.15, 0.2) is 11.6 Å². The fourth-order valence-electron chi connectivity index (χ4n) is 5.84. The molecule has 45 heavy (non-hydrogen) atoms. The molecule has 2 aromatic carbocycles. The average Bonchev–Trinajstić information content (AvgIpc) is 3.48. The van der Waals surface area contributed by atoms with E-state index in [1.54, 1.807) is 0 Å². The summed E-state index contributed by atoms with van der Waals surface area (Å²) in [6.45, 7) is 16.2. The molecule has 248 valence electrons. The van der Waals surface area contributed by atoms with Gasteiger partial charge in [-0.1, -0.05) is 66.2 Å². The fourth-order valence-corrected chi connectivity index (χ4v) is 5.84. The lowest BCUT2D eigenvalue weighted by molar-refractivity contribution is 0.105. The van der Waals surface area contributed by atoms with Crippen molar-refractivity contribution in [2.24, 2.45) is 5.92 Å². The highest BCUT2D eigenvalue weighted by atomic mass is 19.2. The Hall–Kier alpha value is -3.71. The molecule has 5 rings (SSSR count). The van der Waals surface area contributed by atoms with Crippen LogP contribution in [0, 0.1) is 28.9 Å². The number of para-hydroxylation sites is 1. The number of hydrogen-bond acceptors (Lipinski definition) is 6. The Morgan fingerprint density at radius 3 is 2.31 bits per heavy atom. The maximum atomic E-state index is 13.7. The number of rotatable bonds is 5. The van der Waals surface area contributed by atoms with Crippen LogP contribution in [-0.2, 0) is 4.74 Å². The van der Waals surface area contributed by atoms with E-state index in [0.717, 1.165) is 74.6 Å². The lowest BCUT2D eigenvalue weighted by Gasteiger charge is -2.43. The van der Waals surface area contributed by atoms with E-state index in [9.17, 15) is 23.6 Å². The number of nitrogens with one attached hydrogen (secondary N) is 1. The molecule has 3 heterocycles. The predicted octanol–water partition coefficient (Wildman–Crippen LogP) is 7.89. The van der Waals surface area contributed by atoms with Gasteiger partial charge in [0, 0.05) is 32.2 Å². The van der Waals surface area contributed by atoms with Crippen molar-refractivity contribution >= 4 is 17.8 Å². The summed E-state index contributed by atoms with van der Waals surface area (Å²) < 4.78 is 32.1. The van der Waals surface area contributed by atoms with Gasteiger partial charge in [-0.3, -0.25) is 4.90 Å². The Bertz CT molecular complexity index is 1250. The van der Waals surface area contributed by atoms with Crippen LogP contribution in [0.3, 0.4) is 0 Å². The van der Waals surface area contributed by atoms with E-state index in [-0.39, 0.29) is 12.5 Å². The number of piperidine rings is 2. The molecule has 1 unspecified atom stereocenters. The first-order valence-corrected chi connectivity index (χ1v) is 16.5. The Labute approximate surface area is 268 Å². The summed E-state index contributed by atoms with van der Waals surface area (Å²) in [6, 6.07) is 12.4. The van der Waals surface area contributed by atoms with Crippen LogP contribution in [0.2, 0.25) is 0 Å². The second-order valence-corrected chi connectivity index (χ2v) is 10.9. The van der Waals surface area contributed by atoms with Crippen molar-refractivity contribution in [2.75, 3.05) is 44.2 Å². The minimum atomic E-state index is -1.04. The first kappa shape index (κ1) is 37.5. The largest absolute Gasteiger partial charge is 0.446 e. The molecule has 0 aromatic heterocycles. The van der Waals surface area contributed by atoms with Crippen molar-refractivity contribution < 1.29 is 23.1 Å². The van der Waals surface area contributed by atoms with E-state index in [4.69, 9.17) is 4.74 Å². The number of likely N-dealkylation sites (tertiary alicyclic amines) is 1. The standard InChI is InChI=1S/C28H31F2N5O3.C3H8.2C2H6/c29-23-8-7-20(14-24(23)30)26-18-38-28(37)35(26)27(36)32-16-19-4-3-11-34(17-19)22-9-12-33(13-10-22)25-6-2-1-5-21(25)15-31;1-3-2;2*1-2/h1-2,5-8,14,19,22,26H,3-4,9-13,16-18H2,(H,32,36);3H2,1-2H3;2*1-2H3/t19?,26-;;;/m1.../s1. The molecule has 0 saturated carbocycles. The van der Waals surface area contributed by atoms with Gasteiger partial charge in [-0.05, 0) is 68.0 Å². The minimum absolute atomic E-state index is 0.105. The molecule has 3 aliphatic rings. The molecule has 3 fully saturated rings. The molecule has 2 atom stereocenters. The SMILES string of the molecule is CC.CC.CCC.N#Cc1ccccc1N1CCC(N2CCCC(CNC(=O)N3C(=O)OC[C@@H]3c3ccc(F)c(F)c3)C2)CC1. The van der Waals surface area contributed by atoms with Crippen LogP contribution in [-0.4, -0.2) is 67.3 Å². The number of cyclic esters (lactones) is 1. The van der Waals surface area contributed by atoms with E-state index >= 15 is 0 Å². The number of halogens is 2. The quantitative estimate of drug-likeness (QED) is 0.363. The lowest BCUT2D eigenvalue weighted by Crippen LogP contribution is -2.51. The number of carbonyl (C=O) groups is 2. The highest BCUT2D eigenvalue weighted by Crippen LogP contribution is 2.30. The molecule has 0 aliphatic carbocycles. The highest BCUT2D eigenvalue weighted by molar-refractivity contribution is 5.92. The third-order valence-corrected chi connectivity index (χ3v) is 7.86. The zero-order chi connectivity index (χ0) is 33.4. The molecule has 1 N–H and O–H groups in total. The number of hydrogen-bond donors (Lipinski definition) is 1. The van der Waals surface area contributed by atoms with E-state index in [1.165, 1.54) is 12.5 Å². The molecular formula is C35H51F2N5O3. The van der Waals surface area contributed by atoms with E-state index in [2.05, 4.69) is 35.0 Å². The summed E-state index contributed by atoms with van der Waals surface area (Å²) in [5.41, 5.74) is 2.00. The van der Waals surface area contributed by atoms with Crippen LogP contribution >= 0.6 is 0 Å². The first-order chi connectivity index (χ1) is 21.9. The second kappa shape index (κ2) is 19.6. The summed E-state index contributed by atoms with van der Waals surface area (Å²) in [5.74, 6) is -1.79. The number of urea groups is 1. The van der Waals surface area contributed by atoms with Gasteiger partial charge in [-0.15, -0.1) is 0 Å². The number of imide groups is 1. The topological polar surface area (TPSA) is 88.9 Å². The van der Waals surface area contributed by atoms with Crippen LogP contribution in [0.25, 0.3) is 0 Å². The van der Waals surface area contributed by atoms with Crippen LogP contribution < -0.4 is 10.2 Å². The molecule has 10 heteroatoms. The second-order valence-electron chi connectivity index (χ2n) is 10.9. The summed E-state index contributed by atoms with van der Waals surface area (Å²) in [7, 11) is 0. The number of nitriles is 1. The van der Waals surface area contributed by atoms with Gasteiger partial charge >= 0.3 is 12.1 Å². The third kappa shape index (κ3) is 10.1. The Morgan fingerprint density at radius 1 is 1.00 bits per heavy atom. The van der Waals surface area contributed by atoms with Crippen LogP contribution in [0.5, 0.6) is 0 Å². The number of amides is 3. The molecule has 8 nitrogen and oxygen atoms in total. The summed E-state index contributed by atoms with van der Waals surface area (Å²) >= 11 is 0. The van der Waals surface area contributed by atoms with Gasteiger partial charge in [-0.2, -0.15) is 5.26 Å². The zero-order valence-corrected chi connectivity index (χ0v) is 27.8. The van der Waals surface area contributed by atoms with Gasteiger partial charge in [0.1, 0.15) is 18.7 Å². The van der Waals surface area contributed by atoms with E-state index < -0.39 is 29.8 Å². The van der Waals surface area contributed by atoms with Gasteiger partial charge in [0.05, 0.1) is 11.3 Å². The van der Waals surface area contributed by atoms with Crippen LogP contribution in [0.4, 0.5) is 24.1 Å². The van der Waals surface area contributed by atoms with Crippen molar-refractivity contribution in [3.05, 3.63) is 65.2 Å². The number of benzene rings is 2. The van der Waals surface area contributed by atoms with Gasteiger partial charge < -0.3 is 15.0 Å². The lowest BCUT2D eigenvalue weighted by atomic mass is 9.93. The molecule has 3 aliphatic heterocycles. The molecule has 3 amide bonds. The smallest absolute Gasteiger partial charge is 0.418 e. The van der Waals surface area contributed by atoms with Crippen LogP contribution in [0.15, 0.2) is 42.5 Å². The van der Waals surface area contributed by atoms with Crippen molar-refractivity contribution in [3.8, 4) is 6.07 Å². The Balaban J connectivity index is 0.000000934. The summed E-state index contributed by atoms with van der Waals surface area (Å²) in [5, 5.41) is 12.3. The van der Waals surface area contributed by atoms with E-state index in [0.29, 0.717) is 23.7 Å². The van der Waals surface area contributed by atoms with Crippen LogP contribution in [0.1, 0.15) is 90.8 Å². The summed E-state index contributed by atoms with van der Waals surface area (Å²) in [4.78, 5) is 31.0. The molecule has 0 radical (unpaired) electrons. The first-order valence-electron chi connectivity index (χ1n) is 16.5. The molecular weight excluding hydrogens is 576 g/mol. The third-order valence-electron chi connectivity index (χ3n) is 7.86. The normalized spacial score (nSPS) is 19.8. The molecule has 0 spiro atoms. The fraction of sp³-hybridized carbons (Fsp3) is 0.571. The number of nitrogens with zero attached hydrogens (tertiary/aromatic N) is 4. The Morgan fingerprint density at radius 2 is 1.67 bits per heavy atom. The maximum absolute atomic E-state index is 13.7. The van der Waals surface area contributed by atoms with Gasteiger partial charge in [0.25, 0.3) is 0 Å². The van der Waals surface area contributed by atoms with Crippen molar-refractivity contribution in [1.82, 2.24) is 15.1 Å². The molecule has 2 aromatic rings. The number of carbonyl (C=O) groups excluding carboxylic acids is 2. The Kier molecular flexibility index (Phi) is 16.3. The zero-order valence-electron chi connectivity index (χ0n) is 27.8. The van der Waals surface area contributed by atoms with Crippen molar-refractivity contribution in [1.29, 1.82) is 5.26 Å². The molecule has 0 bridgehead atoms. The number of anilines is 1. The predicted molar refractivity (Wildman–Crippen MR) is 175 cm³/mol. The van der Waals surface area contributed by atoms with Crippen molar-refractivity contribution in [2.45, 2.75) is 85.7 Å². The average molecular weight is 628 g/mol. The van der Waals surface area contributed by atoms with Gasteiger partial charge in [0.2, 0.25) is 0 Å². The van der Waals surface area contributed by atoms with Crippen molar-refractivity contribution in [3.63, 3.8) is 0 Å². The minimum Gasteiger partial charge on any atom is -0.446 e.